The van der Waals surface area contributed by atoms with E-state index in [1.165, 1.54) is 7.11 Å². The van der Waals surface area contributed by atoms with Gasteiger partial charge in [0.1, 0.15) is 6.10 Å². The lowest BCUT2D eigenvalue weighted by Gasteiger charge is -2.34. The maximum atomic E-state index is 12.1. The van der Waals surface area contributed by atoms with Crippen LogP contribution in [0.1, 0.15) is 30.6 Å². The Labute approximate surface area is 129 Å². The maximum absolute atomic E-state index is 12.1. The second kappa shape index (κ2) is 5.96. The van der Waals surface area contributed by atoms with E-state index < -0.39 is 24.3 Å². The molecule has 6 heteroatoms. The van der Waals surface area contributed by atoms with E-state index in [1.807, 2.05) is 19.9 Å². The van der Waals surface area contributed by atoms with Gasteiger partial charge in [0.15, 0.2) is 12.1 Å². The first kappa shape index (κ1) is 15.4. The summed E-state index contributed by atoms with van der Waals surface area (Å²) in [6.07, 6.45) is -1.51. The number of rotatable bonds is 3. The van der Waals surface area contributed by atoms with Gasteiger partial charge in [-0.25, -0.2) is 4.79 Å². The van der Waals surface area contributed by atoms with Crippen LogP contribution in [0.5, 0.6) is 0 Å². The molecule has 4 atom stereocenters. The van der Waals surface area contributed by atoms with E-state index in [-0.39, 0.29) is 12.2 Å². The highest BCUT2D eigenvalue weighted by Gasteiger charge is 2.51. The second-order valence-electron chi connectivity index (χ2n) is 5.82. The Morgan fingerprint density at radius 1 is 1.23 bits per heavy atom. The molecule has 22 heavy (non-hydrogen) atoms. The molecule has 0 saturated carbocycles. The molecule has 2 aliphatic heterocycles. The van der Waals surface area contributed by atoms with Gasteiger partial charge in [0, 0.05) is 13.5 Å². The number of esters is 1. The summed E-state index contributed by atoms with van der Waals surface area (Å²) in [4.78, 5) is 12.1. The summed E-state index contributed by atoms with van der Waals surface area (Å²) >= 11 is 0. The van der Waals surface area contributed by atoms with Crippen molar-refractivity contribution in [2.45, 2.75) is 50.8 Å². The third-order valence-corrected chi connectivity index (χ3v) is 3.68. The van der Waals surface area contributed by atoms with E-state index in [0.717, 1.165) is 0 Å². The van der Waals surface area contributed by atoms with Crippen molar-refractivity contribution in [3.8, 4) is 0 Å². The lowest BCUT2D eigenvalue weighted by Crippen LogP contribution is -2.48. The second-order valence-corrected chi connectivity index (χ2v) is 5.82. The minimum atomic E-state index is -0.726. The lowest BCUT2D eigenvalue weighted by molar-refractivity contribution is -0.284. The molecule has 0 aliphatic carbocycles. The van der Waals surface area contributed by atoms with Crippen molar-refractivity contribution in [2.75, 3.05) is 7.11 Å². The fraction of sp³-hybridized carbons (Fsp3) is 0.562. The van der Waals surface area contributed by atoms with Gasteiger partial charge in [0.2, 0.25) is 6.29 Å². The third kappa shape index (κ3) is 3.15. The van der Waals surface area contributed by atoms with Crippen molar-refractivity contribution in [3.63, 3.8) is 0 Å². The van der Waals surface area contributed by atoms with Gasteiger partial charge in [-0.15, -0.1) is 0 Å². The quantitative estimate of drug-likeness (QED) is 0.797. The fourth-order valence-corrected chi connectivity index (χ4v) is 2.78. The Balaban J connectivity index is 1.67. The first-order valence-electron chi connectivity index (χ1n) is 7.28. The van der Waals surface area contributed by atoms with E-state index >= 15 is 0 Å². The maximum Gasteiger partial charge on any atom is 0.340 e. The van der Waals surface area contributed by atoms with Crippen LogP contribution in [-0.4, -0.2) is 43.7 Å². The number of carbonyl (C=O) groups is 1. The number of hydrogen-bond donors (Lipinski definition) is 0. The molecule has 2 heterocycles. The Morgan fingerprint density at radius 3 is 2.64 bits per heavy atom. The summed E-state index contributed by atoms with van der Waals surface area (Å²) in [6.45, 7) is 3.67. The van der Waals surface area contributed by atoms with Crippen LogP contribution >= 0.6 is 0 Å². The van der Waals surface area contributed by atoms with Gasteiger partial charge >= 0.3 is 5.97 Å². The lowest BCUT2D eigenvalue weighted by atomic mass is 10.1. The van der Waals surface area contributed by atoms with Gasteiger partial charge in [-0.2, -0.15) is 0 Å². The van der Waals surface area contributed by atoms with Crippen molar-refractivity contribution in [3.05, 3.63) is 35.9 Å². The SMILES string of the molecule is COC1O[C@H](OC(=O)c2ccccc2)CC2OC(C)(C)OC21. The normalized spacial score (nSPS) is 33.2. The van der Waals surface area contributed by atoms with Gasteiger partial charge in [-0.3, -0.25) is 0 Å². The van der Waals surface area contributed by atoms with Crippen LogP contribution in [0, 0.1) is 0 Å². The standard InChI is InChI=1S/C16H20O6/c1-16(2)21-11-9-12(20-15(18-3)13(11)22-16)19-14(17)10-7-5-4-6-8-10/h4-8,11-13,15H,9H2,1-3H3/t11?,12-,13?,15?/m0/s1. The minimum absolute atomic E-state index is 0.234. The molecule has 120 valence electrons. The predicted molar refractivity (Wildman–Crippen MR) is 76.0 cm³/mol. The molecule has 0 amide bonds. The number of fused-ring (bicyclic) bond motifs is 1. The Bertz CT molecular complexity index is 529. The highest BCUT2D eigenvalue weighted by atomic mass is 16.8. The van der Waals surface area contributed by atoms with E-state index in [4.69, 9.17) is 23.7 Å². The van der Waals surface area contributed by atoms with Crippen LogP contribution in [0.3, 0.4) is 0 Å². The van der Waals surface area contributed by atoms with Crippen LogP contribution < -0.4 is 0 Å². The molecular weight excluding hydrogens is 288 g/mol. The molecule has 1 aromatic carbocycles. The van der Waals surface area contributed by atoms with E-state index in [1.54, 1.807) is 24.3 Å². The third-order valence-electron chi connectivity index (χ3n) is 3.68. The van der Waals surface area contributed by atoms with Crippen molar-refractivity contribution < 1.29 is 28.5 Å². The molecule has 0 radical (unpaired) electrons. The van der Waals surface area contributed by atoms with Crippen LogP contribution in [0.4, 0.5) is 0 Å². The van der Waals surface area contributed by atoms with Gasteiger partial charge in [0.25, 0.3) is 0 Å². The molecule has 0 aromatic heterocycles. The zero-order valence-corrected chi connectivity index (χ0v) is 12.9. The first-order valence-corrected chi connectivity index (χ1v) is 7.28. The Kier molecular flexibility index (Phi) is 4.18. The molecule has 1 aromatic rings. The van der Waals surface area contributed by atoms with Crippen LogP contribution in [0.15, 0.2) is 30.3 Å². The zero-order chi connectivity index (χ0) is 15.7. The van der Waals surface area contributed by atoms with E-state index in [9.17, 15) is 4.79 Å². The molecule has 0 spiro atoms. The zero-order valence-electron chi connectivity index (χ0n) is 12.9. The topological polar surface area (TPSA) is 63.2 Å². The molecule has 6 nitrogen and oxygen atoms in total. The fourth-order valence-electron chi connectivity index (χ4n) is 2.78. The molecule has 0 bridgehead atoms. The molecular formula is C16H20O6. The first-order chi connectivity index (χ1) is 10.5. The van der Waals surface area contributed by atoms with E-state index in [2.05, 4.69) is 0 Å². The van der Waals surface area contributed by atoms with Crippen molar-refractivity contribution >= 4 is 5.97 Å². The number of benzene rings is 1. The van der Waals surface area contributed by atoms with Crippen LogP contribution in [0.2, 0.25) is 0 Å². The molecule has 2 fully saturated rings. The van der Waals surface area contributed by atoms with Crippen molar-refractivity contribution in [2.24, 2.45) is 0 Å². The summed E-state index contributed by atoms with van der Waals surface area (Å²) < 4.78 is 28.0. The summed E-state index contributed by atoms with van der Waals surface area (Å²) in [6, 6.07) is 8.79. The average Bonchev–Trinajstić information content (AvgIpc) is 2.81. The van der Waals surface area contributed by atoms with Gasteiger partial charge < -0.3 is 23.7 Å². The van der Waals surface area contributed by atoms with Gasteiger partial charge in [0.05, 0.1) is 11.7 Å². The molecule has 3 rings (SSSR count). The average molecular weight is 308 g/mol. The van der Waals surface area contributed by atoms with Gasteiger partial charge in [-0.05, 0) is 26.0 Å². The Hall–Kier alpha value is -1.47. The molecule has 2 aliphatic rings. The van der Waals surface area contributed by atoms with Crippen molar-refractivity contribution in [1.29, 1.82) is 0 Å². The summed E-state index contributed by atoms with van der Waals surface area (Å²) in [5, 5.41) is 0. The predicted octanol–water partition coefficient (Wildman–Crippen LogP) is 2.08. The molecule has 0 N–H and O–H groups in total. The molecule has 3 unspecified atom stereocenters. The highest BCUT2D eigenvalue weighted by Crippen LogP contribution is 2.37. The Morgan fingerprint density at radius 2 is 1.95 bits per heavy atom. The van der Waals surface area contributed by atoms with Crippen LogP contribution in [0.25, 0.3) is 0 Å². The molecule has 2 saturated heterocycles. The number of methoxy groups -OCH3 is 1. The van der Waals surface area contributed by atoms with E-state index in [0.29, 0.717) is 12.0 Å². The number of ether oxygens (including phenoxy) is 5. The van der Waals surface area contributed by atoms with Gasteiger partial charge in [-0.1, -0.05) is 18.2 Å². The minimum Gasteiger partial charge on any atom is -0.432 e. The summed E-state index contributed by atoms with van der Waals surface area (Å²) in [5.41, 5.74) is 0.478. The van der Waals surface area contributed by atoms with Crippen LogP contribution in [-0.2, 0) is 23.7 Å². The summed E-state index contributed by atoms with van der Waals surface area (Å²) in [5.74, 6) is -1.13. The van der Waals surface area contributed by atoms with Crippen molar-refractivity contribution in [1.82, 2.24) is 0 Å². The number of carbonyl (C=O) groups excluding carboxylic acids is 1. The smallest absolute Gasteiger partial charge is 0.340 e. The monoisotopic (exact) mass is 308 g/mol. The number of hydrogen-bond acceptors (Lipinski definition) is 6. The largest absolute Gasteiger partial charge is 0.432 e. The highest BCUT2D eigenvalue weighted by molar-refractivity contribution is 5.89. The summed E-state index contributed by atoms with van der Waals surface area (Å²) in [7, 11) is 1.53.